The van der Waals surface area contributed by atoms with Crippen LogP contribution in [0.5, 0.6) is 0 Å². The summed E-state index contributed by atoms with van der Waals surface area (Å²) in [5.41, 5.74) is 5.18. The highest BCUT2D eigenvalue weighted by atomic mass is 32.2. The van der Waals surface area contributed by atoms with Crippen LogP contribution in [-0.4, -0.2) is 40.0 Å². The molecule has 0 fully saturated rings. The predicted molar refractivity (Wildman–Crippen MR) is 161 cm³/mol. The van der Waals surface area contributed by atoms with Crippen LogP contribution in [0.4, 0.5) is 10.1 Å². The van der Waals surface area contributed by atoms with Crippen molar-refractivity contribution in [3.8, 4) is 22.5 Å². The molecule has 0 radical (unpaired) electrons. The van der Waals surface area contributed by atoms with Gasteiger partial charge in [0.2, 0.25) is 0 Å². The molecular formula is C31H29FN4O3S. The number of amides is 1. The maximum absolute atomic E-state index is 15.1. The molecule has 3 aromatic heterocycles. The smallest absolute Gasteiger partial charge is 0.255 e. The van der Waals surface area contributed by atoms with Crippen LogP contribution >= 0.6 is 0 Å². The normalized spacial score (nSPS) is 12.0. The van der Waals surface area contributed by atoms with Gasteiger partial charge in [0.05, 0.1) is 28.2 Å². The first-order valence-electron chi connectivity index (χ1n) is 12.6. The second-order valence-electron chi connectivity index (χ2n) is 9.48. The van der Waals surface area contributed by atoms with Gasteiger partial charge in [-0.1, -0.05) is 24.8 Å². The minimum atomic E-state index is -1.36. The van der Waals surface area contributed by atoms with Crippen molar-refractivity contribution in [2.45, 2.75) is 13.5 Å². The van der Waals surface area contributed by atoms with Gasteiger partial charge in [-0.05, 0) is 42.8 Å². The number of benzene rings is 2. The van der Waals surface area contributed by atoms with E-state index in [1.807, 2.05) is 41.1 Å². The van der Waals surface area contributed by atoms with Crippen molar-refractivity contribution in [2.24, 2.45) is 0 Å². The second kappa shape index (κ2) is 10.6. The zero-order chi connectivity index (χ0) is 28.7. The highest BCUT2D eigenvalue weighted by molar-refractivity contribution is 7.85. The third-order valence-corrected chi connectivity index (χ3v) is 7.82. The average molecular weight is 557 g/mol. The number of aromatic nitrogens is 2. The van der Waals surface area contributed by atoms with Gasteiger partial charge in [-0.25, -0.2) is 13.6 Å². The summed E-state index contributed by atoms with van der Waals surface area (Å²) in [6, 6.07) is 14.1. The van der Waals surface area contributed by atoms with Crippen LogP contribution in [0.25, 0.3) is 50.0 Å². The number of fused-ring (bicyclic) bond motifs is 2. The van der Waals surface area contributed by atoms with E-state index in [1.165, 1.54) is 6.07 Å². The highest BCUT2D eigenvalue weighted by Gasteiger charge is 2.25. The Kier molecular flexibility index (Phi) is 7.16. The molecule has 0 aliphatic rings. The number of halogens is 1. The fourth-order valence-corrected chi connectivity index (χ4v) is 5.34. The minimum Gasteiger partial charge on any atom is -0.456 e. The van der Waals surface area contributed by atoms with Gasteiger partial charge in [0.1, 0.15) is 28.1 Å². The molecule has 0 saturated carbocycles. The number of carbonyl (C=O) groups excluding carboxylic acids is 1. The molecule has 9 heteroatoms. The summed E-state index contributed by atoms with van der Waals surface area (Å²) in [4.78, 5) is 17.9. The third kappa shape index (κ3) is 4.52. The molecule has 40 heavy (non-hydrogen) atoms. The monoisotopic (exact) mass is 556 g/mol. The number of allylic oxidation sites excluding steroid dienone is 2. The van der Waals surface area contributed by atoms with Gasteiger partial charge >= 0.3 is 0 Å². The lowest BCUT2D eigenvalue weighted by molar-refractivity contribution is 0.0963. The predicted octanol–water partition coefficient (Wildman–Crippen LogP) is 6.56. The van der Waals surface area contributed by atoms with E-state index in [4.69, 9.17) is 9.40 Å². The maximum Gasteiger partial charge on any atom is 0.255 e. The Morgan fingerprint density at radius 1 is 1.20 bits per heavy atom. The van der Waals surface area contributed by atoms with Crippen LogP contribution in [0.3, 0.4) is 0 Å². The van der Waals surface area contributed by atoms with E-state index in [-0.39, 0.29) is 11.7 Å². The van der Waals surface area contributed by atoms with Crippen LogP contribution in [-0.2, 0) is 17.5 Å². The summed E-state index contributed by atoms with van der Waals surface area (Å²) in [6.07, 6.45) is 5.21. The van der Waals surface area contributed by atoms with E-state index in [2.05, 4.69) is 18.5 Å². The van der Waals surface area contributed by atoms with E-state index in [0.29, 0.717) is 68.0 Å². The summed E-state index contributed by atoms with van der Waals surface area (Å²) in [5, 5.41) is 3.72. The van der Waals surface area contributed by atoms with Crippen LogP contribution in [0.15, 0.2) is 78.4 Å². The van der Waals surface area contributed by atoms with Gasteiger partial charge in [-0.15, -0.1) is 6.58 Å². The molecule has 5 rings (SSSR count). The standard InChI is InChI=1S/C31H29FN4O3S/c1-7-14-36-17-21(28-22(32)10-8-13-25(28)36)24-12-9-11-23(34-24)19-15-20-27(16-26(19)35(5)40(6)38)39-30(18(2)3)29(20)31(37)33-4/h7-13,15-17H,1-2,14H2,3-6H3,(H,33,37). The van der Waals surface area contributed by atoms with Crippen molar-refractivity contribution < 1.29 is 17.8 Å². The number of furan rings is 1. The summed E-state index contributed by atoms with van der Waals surface area (Å²) in [7, 11) is 1.91. The molecule has 1 unspecified atom stereocenters. The van der Waals surface area contributed by atoms with Gasteiger partial charge in [0.25, 0.3) is 5.91 Å². The van der Waals surface area contributed by atoms with Crippen LogP contribution in [0, 0.1) is 5.82 Å². The van der Waals surface area contributed by atoms with Crippen molar-refractivity contribution in [3.63, 3.8) is 0 Å². The highest BCUT2D eigenvalue weighted by Crippen LogP contribution is 2.40. The van der Waals surface area contributed by atoms with Gasteiger partial charge in [-0.3, -0.25) is 9.10 Å². The quantitative estimate of drug-likeness (QED) is 0.220. The molecule has 1 atom stereocenters. The molecule has 204 valence electrons. The zero-order valence-corrected chi connectivity index (χ0v) is 23.6. The summed E-state index contributed by atoms with van der Waals surface area (Å²) < 4.78 is 37.3. The molecule has 0 saturated heterocycles. The molecule has 0 spiro atoms. The van der Waals surface area contributed by atoms with Gasteiger partial charge in [0, 0.05) is 61.1 Å². The molecule has 0 bridgehead atoms. The Balaban J connectivity index is 1.79. The maximum atomic E-state index is 15.1. The Morgan fingerprint density at radius 3 is 2.55 bits per heavy atom. The molecule has 1 amide bonds. The van der Waals surface area contributed by atoms with Crippen LogP contribution < -0.4 is 9.62 Å². The van der Waals surface area contributed by atoms with Crippen LogP contribution in [0.2, 0.25) is 0 Å². The molecule has 0 aliphatic heterocycles. The van der Waals surface area contributed by atoms with E-state index in [0.717, 1.165) is 5.52 Å². The van der Waals surface area contributed by atoms with Crippen molar-refractivity contribution in [1.29, 1.82) is 0 Å². The number of nitrogens with one attached hydrogen (secondary N) is 1. The largest absolute Gasteiger partial charge is 0.456 e. The van der Waals surface area contributed by atoms with Crippen LogP contribution in [0.1, 0.15) is 23.0 Å². The first kappa shape index (κ1) is 27.1. The van der Waals surface area contributed by atoms with Crippen molar-refractivity contribution in [1.82, 2.24) is 14.9 Å². The fraction of sp³-hybridized carbons (Fsp3) is 0.161. The summed E-state index contributed by atoms with van der Waals surface area (Å²) in [6.45, 7) is 10.1. The lowest BCUT2D eigenvalue weighted by Gasteiger charge is -2.20. The molecule has 1 N–H and O–H groups in total. The number of nitrogens with zero attached hydrogens (tertiary/aromatic N) is 3. The van der Waals surface area contributed by atoms with Crippen molar-refractivity contribution in [2.75, 3.05) is 24.7 Å². The molecular weight excluding hydrogens is 527 g/mol. The second-order valence-corrected chi connectivity index (χ2v) is 10.9. The Labute approximate surface area is 234 Å². The van der Waals surface area contributed by atoms with E-state index >= 15 is 4.39 Å². The van der Waals surface area contributed by atoms with E-state index in [1.54, 1.807) is 49.8 Å². The first-order chi connectivity index (χ1) is 19.2. The van der Waals surface area contributed by atoms with Gasteiger partial charge in [-0.2, -0.15) is 0 Å². The van der Waals surface area contributed by atoms with Crippen molar-refractivity contribution in [3.05, 3.63) is 91.1 Å². The average Bonchev–Trinajstić information content (AvgIpc) is 3.51. The summed E-state index contributed by atoms with van der Waals surface area (Å²) >= 11 is 0. The van der Waals surface area contributed by atoms with Crippen molar-refractivity contribution >= 4 is 50.0 Å². The van der Waals surface area contributed by atoms with E-state index in [9.17, 15) is 9.00 Å². The number of carbonyl (C=O) groups is 1. The number of rotatable bonds is 8. The molecule has 7 nitrogen and oxygen atoms in total. The molecule has 3 heterocycles. The Hall–Kier alpha value is -4.50. The molecule has 5 aromatic rings. The zero-order valence-electron chi connectivity index (χ0n) is 22.7. The number of pyridine rings is 1. The number of hydrogen-bond donors (Lipinski definition) is 1. The van der Waals surface area contributed by atoms with Gasteiger partial charge < -0.3 is 14.3 Å². The molecule has 2 aromatic carbocycles. The number of anilines is 1. The fourth-order valence-electron chi connectivity index (χ4n) is 4.92. The molecule has 0 aliphatic carbocycles. The Morgan fingerprint density at radius 2 is 1.90 bits per heavy atom. The summed E-state index contributed by atoms with van der Waals surface area (Å²) in [5.74, 6) is -0.272. The Bertz CT molecular complexity index is 1850. The van der Waals surface area contributed by atoms with Gasteiger partial charge in [0.15, 0.2) is 0 Å². The topological polar surface area (TPSA) is 80.4 Å². The minimum absolute atomic E-state index is 0.310. The SMILES string of the molecule is C=CCn1cc(-c2cccc(-c3cc4c(C(=O)NC)c(C(=C)C)oc4cc3N(C)S(C)=O)n2)c2c(F)cccc21. The lowest BCUT2D eigenvalue weighted by atomic mass is 10.0. The van der Waals surface area contributed by atoms with E-state index < -0.39 is 11.0 Å². The lowest BCUT2D eigenvalue weighted by Crippen LogP contribution is -2.20. The number of hydrogen-bond acceptors (Lipinski definition) is 4. The first-order valence-corrected chi connectivity index (χ1v) is 14.1. The third-order valence-electron chi connectivity index (χ3n) is 6.86.